The van der Waals surface area contributed by atoms with E-state index in [9.17, 15) is 14.4 Å². The summed E-state index contributed by atoms with van der Waals surface area (Å²) in [5.74, 6) is -2.02. The van der Waals surface area contributed by atoms with E-state index in [1.807, 2.05) is 72.1 Å². The highest BCUT2D eigenvalue weighted by Gasteiger charge is 2.24. The number of benzene rings is 3. The first-order valence-corrected chi connectivity index (χ1v) is 12.4. The lowest BCUT2D eigenvalue weighted by atomic mass is 10.0. The van der Waals surface area contributed by atoms with Crippen molar-refractivity contribution in [2.24, 2.45) is 5.73 Å². The Morgan fingerprint density at radius 3 is 2.25 bits per heavy atom. The minimum atomic E-state index is -0.865. The number of rotatable bonds is 10. The molecule has 3 N–H and O–H groups in total. The molecule has 182 valence electrons. The van der Waals surface area contributed by atoms with Crippen LogP contribution in [0, 0.1) is 0 Å². The van der Waals surface area contributed by atoms with Gasteiger partial charge >= 0.3 is 11.9 Å². The number of carbonyl (C=O) groups is 3. The standard InChI is InChI=1S/C29H26N2O4S/c30-27(32)16-15-25(31-19-20-6-4-9-24(18-20)26-10-5-17-36-26)29(34)35-28(33)23-13-11-22(12-14-23)21-7-2-1-3-8-21/h1-14,17-18,25,31H,15-16,19H2,(H2,30,32)/t25-/m0/s1. The molecule has 0 aliphatic rings. The van der Waals surface area contributed by atoms with Crippen LogP contribution in [0.2, 0.25) is 0 Å². The van der Waals surface area contributed by atoms with E-state index in [0.29, 0.717) is 6.54 Å². The molecule has 1 aromatic heterocycles. The maximum atomic E-state index is 12.8. The topological polar surface area (TPSA) is 98.5 Å². The summed E-state index contributed by atoms with van der Waals surface area (Å²) >= 11 is 1.65. The lowest BCUT2D eigenvalue weighted by Gasteiger charge is -2.17. The van der Waals surface area contributed by atoms with Crippen molar-refractivity contribution in [3.8, 4) is 21.6 Å². The fourth-order valence-corrected chi connectivity index (χ4v) is 4.48. The molecule has 3 aromatic carbocycles. The first-order chi connectivity index (χ1) is 17.5. The minimum Gasteiger partial charge on any atom is -0.388 e. The molecule has 0 fully saturated rings. The van der Waals surface area contributed by atoms with E-state index in [1.165, 1.54) is 0 Å². The van der Waals surface area contributed by atoms with Gasteiger partial charge in [-0.2, -0.15) is 0 Å². The summed E-state index contributed by atoms with van der Waals surface area (Å²) in [7, 11) is 0. The molecule has 1 amide bonds. The second-order valence-electron chi connectivity index (χ2n) is 8.27. The zero-order valence-electron chi connectivity index (χ0n) is 19.6. The van der Waals surface area contributed by atoms with Gasteiger partial charge < -0.3 is 15.8 Å². The Kier molecular flexibility index (Phi) is 8.39. The summed E-state index contributed by atoms with van der Waals surface area (Å²) in [6.45, 7) is 0.359. The molecule has 0 spiro atoms. The van der Waals surface area contributed by atoms with Crippen molar-refractivity contribution in [1.82, 2.24) is 5.32 Å². The van der Waals surface area contributed by atoms with E-state index in [2.05, 4.69) is 5.32 Å². The van der Waals surface area contributed by atoms with E-state index in [4.69, 9.17) is 10.5 Å². The van der Waals surface area contributed by atoms with Gasteiger partial charge in [0.2, 0.25) is 5.91 Å². The maximum Gasteiger partial charge on any atom is 0.345 e. The second-order valence-corrected chi connectivity index (χ2v) is 9.22. The van der Waals surface area contributed by atoms with Crippen molar-refractivity contribution in [1.29, 1.82) is 0 Å². The van der Waals surface area contributed by atoms with Crippen LogP contribution in [0.25, 0.3) is 21.6 Å². The van der Waals surface area contributed by atoms with E-state index in [1.54, 1.807) is 35.6 Å². The van der Waals surface area contributed by atoms with Crippen LogP contribution in [0.1, 0.15) is 28.8 Å². The van der Waals surface area contributed by atoms with Gasteiger partial charge in [-0.15, -0.1) is 11.3 Å². The van der Waals surface area contributed by atoms with Gasteiger partial charge in [-0.05, 0) is 58.3 Å². The van der Waals surface area contributed by atoms with Gasteiger partial charge in [0.25, 0.3) is 0 Å². The number of amides is 1. The SMILES string of the molecule is NC(=O)CC[C@H](NCc1cccc(-c2cccs2)c1)C(=O)OC(=O)c1ccc(-c2ccccc2)cc1. The lowest BCUT2D eigenvalue weighted by Crippen LogP contribution is -2.39. The summed E-state index contributed by atoms with van der Waals surface area (Å²) < 4.78 is 5.16. The molecule has 4 aromatic rings. The highest BCUT2D eigenvalue weighted by molar-refractivity contribution is 7.13. The predicted molar refractivity (Wildman–Crippen MR) is 141 cm³/mol. The largest absolute Gasteiger partial charge is 0.388 e. The lowest BCUT2D eigenvalue weighted by molar-refractivity contribution is -0.140. The third kappa shape index (κ3) is 6.75. The number of ether oxygens (including phenoxy) is 1. The molecular formula is C29H26N2O4S. The Balaban J connectivity index is 1.40. The predicted octanol–water partition coefficient (Wildman–Crippen LogP) is 5.19. The molecule has 0 aliphatic heterocycles. The quantitative estimate of drug-likeness (QED) is 0.232. The molecular weight excluding hydrogens is 472 g/mol. The third-order valence-corrected chi connectivity index (χ3v) is 6.59. The first-order valence-electron chi connectivity index (χ1n) is 11.6. The summed E-state index contributed by atoms with van der Waals surface area (Å²) in [6.07, 6.45) is 0.112. The molecule has 36 heavy (non-hydrogen) atoms. The number of nitrogens with two attached hydrogens (primary N) is 1. The number of carbonyl (C=O) groups excluding carboxylic acids is 3. The number of nitrogens with one attached hydrogen (secondary N) is 1. The van der Waals surface area contributed by atoms with Gasteiger partial charge in [0.05, 0.1) is 5.56 Å². The normalized spacial score (nSPS) is 11.6. The Morgan fingerprint density at radius 1 is 0.833 bits per heavy atom. The van der Waals surface area contributed by atoms with Crippen molar-refractivity contribution in [3.63, 3.8) is 0 Å². The van der Waals surface area contributed by atoms with Crippen molar-refractivity contribution in [2.45, 2.75) is 25.4 Å². The molecule has 0 saturated heterocycles. The number of hydrogen-bond acceptors (Lipinski definition) is 6. The highest BCUT2D eigenvalue weighted by atomic mass is 32.1. The number of hydrogen-bond donors (Lipinski definition) is 2. The van der Waals surface area contributed by atoms with Crippen LogP contribution in [0.3, 0.4) is 0 Å². The van der Waals surface area contributed by atoms with Crippen LogP contribution in [0.15, 0.2) is 96.4 Å². The molecule has 0 saturated carbocycles. The summed E-state index contributed by atoms with van der Waals surface area (Å²) in [4.78, 5) is 38.0. The molecule has 0 aliphatic carbocycles. The minimum absolute atomic E-state index is 0.0119. The molecule has 0 unspecified atom stereocenters. The van der Waals surface area contributed by atoms with Gasteiger partial charge in [0.1, 0.15) is 6.04 Å². The average Bonchev–Trinajstić information content (AvgIpc) is 3.44. The molecule has 0 bridgehead atoms. The van der Waals surface area contributed by atoms with Crippen LogP contribution in [-0.2, 0) is 20.9 Å². The monoisotopic (exact) mass is 498 g/mol. The Bertz CT molecular complexity index is 1320. The van der Waals surface area contributed by atoms with Gasteiger partial charge in [-0.1, -0.05) is 66.7 Å². The van der Waals surface area contributed by atoms with Crippen LogP contribution < -0.4 is 11.1 Å². The molecule has 7 heteroatoms. The number of thiophene rings is 1. The van der Waals surface area contributed by atoms with Crippen molar-refractivity contribution in [3.05, 3.63) is 108 Å². The summed E-state index contributed by atoms with van der Waals surface area (Å²) in [6, 6.07) is 27.7. The van der Waals surface area contributed by atoms with Crippen molar-refractivity contribution in [2.75, 3.05) is 0 Å². The zero-order chi connectivity index (χ0) is 25.3. The average molecular weight is 499 g/mol. The van der Waals surface area contributed by atoms with Gasteiger partial charge in [-0.25, -0.2) is 9.59 Å². The number of primary amides is 1. The smallest absolute Gasteiger partial charge is 0.345 e. The van der Waals surface area contributed by atoms with E-state index in [0.717, 1.165) is 27.1 Å². The molecule has 6 nitrogen and oxygen atoms in total. The van der Waals surface area contributed by atoms with E-state index in [-0.39, 0.29) is 18.4 Å². The summed E-state index contributed by atoms with van der Waals surface area (Å²) in [5.41, 5.74) is 9.56. The van der Waals surface area contributed by atoms with Gasteiger partial charge in [-0.3, -0.25) is 4.79 Å². The van der Waals surface area contributed by atoms with Crippen LogP contribution >= 0.6 is 11.3 Å². The van der Waals surface area contributed by atoms with Crippen LogP contribution in [-0.4, -0.2) is 23.9 Å². The first kappa shape index (κ1) is 25.0. The molecule has 4 rings (SSSR count). The van der Waals surface area contributed by atoms with E-state index >= 15 is 0 Å². The van der Waals surface area contributed by atoms with E-state index < -0.39 is 23.9 Å². The number of esters is 2. The highest BCUT2D eigenvalue weighted by Crippen LogP contribution is 2.25. The summed E-state index contributed by atoms with van der Waals surface area (Å²) in [5, 5.41) is 5.14. The van der Waals surface area contributed by atoms with Crippen LogP contribution in [0.4, 0.5) is 0 Å². The zero-order valence-corrected chi connectivity index (χ0v) is 20.4. The fraction of sp³-hybridized carbons (Fsp3) is 0.138. The molecule has 0 radical (unpaired) electrons. The molecule has 1 heterocycles. The van der Waals surface area contributed by atoms with Crippen LogP contribution in [0.5, 0.6) is 0 Å². The second kappa shape index (κ2) is 12.1. The van der Waals surface area contributed by atoms with Crippen molar-refractivity contribution < 1.29 is 19.1 Å². The Morgan fingerprint density at radius 2 is 1.56 bits per heavy atom. The fourth-order valence-electron chi connectivity index (χ4n) is 3.76. The third-order valence-electron chi connectivity index (χ3n) is 5.67. The molecule has 1 atom stereocenters. The maximum absolute atomic E-state index is 12.8. The van der Waals surface area contributed by atoms with Crippen molar-refractivity contribution >= 4 is 29.2 Å². The van der Waals surface area contributed by atoms with Gasteiger partial charge in [0.15, 0.2) is 0 Å². The Hall–Kier alpha value is -4.07. The Labute approximate surface area is 213 Å². The van der Waals surface area contributed by atoms with Gasteiger partial charge in [0, 0.05) is 17.8 Å².